The lowest BCUT2D eigenvalue weighted by Gasteiger charge is -2.16. The summed E-state index contributed by atoms with van der Waals surface area (Å²) in [6.07, 6.45) is 0.804. The van der Waals surface area contributed by atoms with E-state index in [0.717, 1.165) is 6.42 Å². The van der Waals surface area contributed by atoms with Crippen molar-refractivity contribution >= 4 is 0 Å². The number of rotatable bonds is 3. The van der Waals surface area contributed by atoms with Crippen molar-refractivity contribution in [1.29, 1.82) is 0 Å². The molecule has 0 amide bonds. The van der Waals surface area contributed by atoms with E-state index >= 15 is 0 Å². The monoisotopic (exact) mass is 171 g/mol. The third-order valence-electron chi connectivity index (χ3n) is 1.68. The van der Waals surface area contributed by atoms with Gasteiger partial charge in [-0.15, -0.1) is 0 Å². The molecule has 0 aliphatic carbocycles. The molecule has 0 bridgehead atoms. The first-order valence-electron chi connectivity index (χ1n) is 3.97. The Kier molecular flexibility index (Phi) is 2.92. The van der Waals surface area contributed by atoms with Crippen molar-refractivity contribution in [2.45, 2.75) is 32.2 Å². The Morgan fingerprint density at radius 3 is 2.92 bits per heavy atom. The highest BCUT2D eigenvalue weighted by Gasteiger charge is 2.31. The van der Waals surface area contributed by atoms with Crippen LogP contribution in [0.2, 0.25) is 0 Å². The smallest absolute Gasteiger partial charge is 0.163 e. The van der Waals surface area contributed by atoms with Crippen molar-refractivity contribution in [3.05, 3.63) is 10.4 Å². The zero-order chi connectivity index (χ0) is 9.03. The van der Waals surface area contributed by atoms with Crippen molar-refractivity contribution in [2.75, 3.05) is 13.2 Å². The Morgan fingerprint density at radius 1 is 1.67 bits per heavy atom. The summed E-state index contributed by atoms with van der Waals surface area (Å²) in [7, 11) is 0. The van der Waals surface area contributed by atoms with Gasteiger partial charge in [0.25, 0.3) is 0 Å². The van der Waals surface area contributed by atoms with E-state index in [9.17, 15) is 0 Å². The Balaban J connectivity index is 2.24. The van der Waals surface area contributed by atoms with Gasteiger partial charge >= 0.3 is 0 Å². The van der Waals surface area contributed by atoms with Crippen LogP contribution in [0.1, 0.15) is 20.3 Å². The topological polar surface area (TPSA) is 67.2 Å². The molecule has 1 atom stereocenters. The van der Waals surface area contributed by atoms with Crippen LogP contribution in [0.15, 0.2) is 5.11 Å². The molecule has 0 unspecified atom stereocenters. The summed E-state index contributed by atoms with van der Waals surface area (Å²) in [5.41, 5.74) is 8.03. The minimum Gasteiger partial charge on any atom is -0.348 e. The molecule has 0 N–H and O–H groups in total. The maximum absolute atomic E-state index is 8.03. The van der Waals surface area contributed by atoms with E-state index in [1.54, 1.807) is 0 Å². The first kappa shape index (κ1) is 9.32. The highest BCUT2D eigenvalue weighted by Crippen LogP contribution is 2.23. The molecule has 1 fully saturated rings. The molecular weight excluding hydrogens is 158 g/mol. The molecule has 5 nitrogen and oxygen atoms in total. The van der Waals surface area contributed by atoms with Gasteiger partial charge in [-0.25, -0.2) is 0 Å². The van der Waals surface area contributed by atoms with Crippen molar-refractivity contribution in [2.24, 2.45) is 5.11 Å². The van der Waals surface area contributed by atoms with Crippen LogP contribution < -0.4 is 0 Å². The van der Waals surface area contributed by atoms with E-state index in [0.29, 0.717) is 13.2 Å². The van der Waals surface area contributed by atoms with Crippen LogP contribution in [0.25, 0.3) is 10.4 Å². The normalized spacial score (nSPS) is 26.7. The van der Waals surface area contributed by atoms with E-state index in [1.807, 2.05) is 13.8 Å². The molecule has 12 heavy (non-hydrogen) atoms. The van der Waals surface area contributed by atoms with Gasteiger partial charge in [0.1, 0.15) is 0 Å². The molecule has 0 saturated carbocycles. The van der Waals surface area contributed by atoms with Crippen LogP contribution >= 0.6 is 0 Å². The largest absolute Gasteiger partial charge is 0.348 e. The molecular formula is C7H13N3O2. The van der Waals surface area contributed by atoms with Gasteiger partial charge in [-0.1, -0.05) is 5.11 Å². The van der Waals surface area contributed by atoms with Gasteiger partial charge < -0.3 is 9.47 Å². The SMILES string of the molecule is CC1(C)OC[C@@H](CCN=[N+]=[N-])O1. The molecule has 1 aliphatic rings. The van der Waals surface area contributed by atoms with Gasteiger partial charge in [-0.05, 0) is 25.8 Å². The summed E-state index contributed by atoms with van der Waals surface area (Å²) in [5, 5.41) is 3.43. The van der Waals surface area contributed by atoms with E-state index in [4.69, 9.17) is 15.0 Å². The fourth-order valence-corrected chi connectivity index (χ4v) is 1.15. The van der Waals surface area contributed by atoms with Crippen LogP contribution in [0, 0.1) is 0 Å². The van der Waals surface area contributed by atoms with Crippen molar-refractivity contribution < 1.29 is 9.47 Å². The molecule has 1 aliphatic heterocycles. The van der Waals surface area contributed by atoms with E-state index < -0.39 is 5.79 Å². The quantitative estimate of drug-likeness (QED) is 0.369. The second-order valence-corrected chi connectivity index (χ2v) is 3.19. The van der Waals surface area contributed by atoms with Crippen molar-refractivity contribution in [3.8, 4) is 0 Å². The van der Waals surface area contributed by atoms with Gasteiger partial charge in [0, 0.05) is 11.5 Å². The van der Waals surface area contributed by atoms with Gasteiger partial charge in [0.2, 0.25) is 0 Å². The Morgan fingerprint density at radius 2 is 2.42 bits per heavy atom. The first-order chi connectivity index (χ1) is 5.64. The Hall–Kier alpha value is -0.770. The maximum Gasteiger partial charge on any atom is 0.163 e. The summed E-state index contributed by atoms with van der Waals surface area (Å²) >= 11 is 0. The zero-order valence-corrected chi connectivity index (χ0v) is 7.36. The Labute approximate surface area is 71.3 Å². The average Bonchev–Trinajstić information content (AvgIpc) is 2.31. The van der Waals surface area contributed by atoms with Gasteiger partial charge in [-0.2, -0.15) is 0 Å². The number of hydrogen-bond donors (Lipinski definition) is 0. The number of azide groups is 1. The number of nitrogens with zero attached hydrogens (tertiary/aromatic N) is 3. The lowest BCUT2D eigenvalue weighted by molar-refractivity contribution is -0.138. The predicted octanol–water partition coefficient (Wildman–Crippen LogP) is 1.84. The second-order valence-electron chi connectivity index (χ2n) is 3.19. The molecule has 1 saturated heterocycles. The summed E-state index contributed by atoms with van der Waals surface area (Å²) < 4.78 is 10.8. The van der Waals surface area contributed by atoms with Gasteiger partial charge in [-0.3, -0.25) is 0 Å². The first-order valence-corrected chi connectivity index (χ1v) is 3.97. The van der Waals surface area contributed by atoms with Gasteiger partial charge in [0.15, 0.2) is 5.79 Å². The Bertz CT molecular complexity index is 199. The molecule has 1 heterocycles. The fraction of sp³-hybridized carbons (Fsp3) is 1.00. The standard InChI is InChI=1S/C7H13N3O2/c1-7(2)11-5-6(12-7)3-4-9-10-8/h6H,3-5H2,1-2H3/t6-/m1/s1. The van der Waals surface area contributed by atoms with Crippen LogP contribution in [-0.4, -0.2) is 25.0 Å². The molecule has 0 spiro atoms. The predicted molar refractivity (Wildman–Crippen MR) is 43.5 cm³/mol. The molecule has 0 aromatic heterocycles. The molecule has 68 valence electrons. The lowest BCUT2D eigenvalue weighted by Crippen LogP contribution is -2.21. The average molecular weight is 171 g/mol. The molecule has 1 rings (SSSR count). The number of ether oxygens (including phenoxy) is 2. The van der Waals surface area contributed by atoms with E-state index in [1.165, 1.54) is 0 Å². The fourth-order valence-electron chi connectivity index (χ4n) is 1.15. The van der Waals surface area contributed by atoms with Crippen LogP contribution in [-0.2, 0) is 9.47 Å². The molecule has 0 radical (unpaired) electrons. The molecule has 0 aromatic carbocycles. The summed E-state index contributed by atoms with van der Waals surface area (Å²) in [4.78, 5) is 2.66. The molecule has 5 heteroatoms. The molecule has 0 aromatic rings. The second kappa shape index (κ2) is 3.76. The zero-order valence-electron chi connectivity index (χ0n) is 7.36. The van der Waals surface area contributed by atoms with E-state index in [2.05, 4.69) is 10.0 Å². The van der Waals surface area contributed by atoms with Crippen LogP contribution in [0.5, 0.6) is 0 Å². The summed E-state index contributed by atoms with van der Waals surface area (Å²) in [6.45, 7) is 4.82. The third kappa shape index (κ3) is 2.70. The minimum absolute atomic E-state index is 0.0745. The highest BCUT2D eigenvalue weighted by molar-refractivity contribution is 4.71. The third-order valence-corrected chi connectivity index (χ3v) is 1.68. The van der Waals surface area contributed by atoms with Crippen molar-refractivity contribution in [1.82, 2.24) is 0 Å². The van der Waals surface area contributed by atoms with E-state index in [-0.39, 0.29) is 6.10 Å². The minimum atomic E-state index is -0.471. The van der Waals surface area contributed by atoms with Crippen LogP contribution in [0.4, 0.5) is 0 Å². The van der Waals surface area contributed by atoms with Crippen molar-refractivity contribution in [3.63, 3.8) is 0 Å². The summed E-state index contributed by atoms with van der Waals surface area (Å²) in [6, 6.07) is 0. The van der Waals surface area contributed by atoms with Gasteiger partial charge in [0.05, 0.1) is 12.7 Å². The van der Waals surface area contributed by atoms with Crippen LogP contribution in [0.3, 0.4) is 0 Å². The number of hydrogen-bond acceptors (Lipinski definition) is 3. The highest BCUT2D eigenvalue weighted by atomic mass is 16.7. The summed E-state index contributed by atoms with van der Waals surface area (Å²) in [5.74, 6) is -0.471. The lowest BCUT2D eigenvalue weighted by atomic mass is 10.3. The maximum atomic E-state index is 8.03.